The number of hydrogen-bond acceptors (Lipinski definition) is 1. The van der Waals surface area contributed by atoms with Gasteiger partial charge in [0.2, 0.25) is 0 Å². The highest BCUT2D eigenvalue weighted by Crippen LogP contribution is 2.37. The first-order valence-electron chi connectivity index (χ1n) is 10.8. The molecule has 1 heterocycles. The van der Waals surface area contributed by atoms with Gasteiger partial charge in [-0.3, -0.25) is 0 Å². The lowest BCUT2D eigenvalue weighted by molar-refractivity contribution is 1.20. The zero-order chi connectivity index (χ0) is 21.7. The topological polar surface area (TPSA) is 28.7 Å². The normalized spacial score (nSPS) is 11.2. The Hall–Kier alpha value is -4.35. The first kappa shape index (κ1) is 18.4. The molecule has 0 spiro atoms. The fourth-order valence-corrected chi connectivity index (χ4v) is 4.88. The zero-order valence-electron chi connectivity index (χ0n) is 17.7. The molecule has 0 saturated carbocycles. The van der Waals surface area contributed by atoms with Crippen LogP contribution in [-0.4, -0.2) is 4.57 Å². The molecule has 0 N–H and O–H groups in total. The van der Waals surface area contributed by atoms with Crippen LogP contribution in [0.3, 0.4) is 0 Å². The standard InChI is InChI=1S/C30H20N2/c1-20-16-17-21(19-31)27(18-20)23-10-6-12-24-22(23)11-7-15-30(24)32-28-13-4-2-8-25(28)26-9-3-5-14-29(26)32/h2-18H,1H3. The summed E-state index contributed by atoms with van der Waals surface area (Å²) in [5.41, 5.74) is 7.45. The van der Waals surface area contributed by atoms with E-state index in [-0.39, 0.29) is 0 Å². The number of para-hydroxylation sites is 2. The van der Waals surface area contributed by atoms with Gasteiger partial charge in [-0.15, -0.1) is 0 Å². The molecule has 0 saturated heterocycles. The van der Waals surface area contributed by atoms with E-state index in [4.69, 9.17) is 0 Å². The van der Waals surface area contributed by atoms with Crippen LogP contribution < -0.4 is 0 Å². The molecule has 1 aromatic heterocycles. The number of aromatic nitrogens is 1. The second-order valence-electron chi connectivity index (χ2n) is 8.21. The van der Waals surface area contributed by atoms with Crippen molar-refractivity contribution in [3.63, 3.8) is 0 Å². The molecule has 0 aliphatic rings. The van der Waals surface area contributed by atoms with Crippen LogP contribution in [0.1, 0.15) is 11.1 Å². The van der Waals surface area contributed by atoms with E-state index in [1.807, 2.05) is 12.1 Å². The summed E-state index contributed by atoms with van der Waals surface area (Å²) in [5, 5.41) is 14.5. The van der Waals surface area contributed by atoms with Gasteiger partial charge in [-0.25, -0.2) is 0 Å². The Morgan fingerprint density at radius 3 is 1.94 bits per heavy atom. The van der Waals surface area contributed by atoms with Gasteiger partial charge in [-0.2, -0.15) is 5.26 Å². The van der Waals surface area contributed by atoms with Gasteiger partial charge in [-0.05, 0) is 42.1 Å². The van der Waals surface area contributed by atoms with Crippen LogP contribution in [0.15, 0.2) is 103 Å². The van der Waals surface area contributed by atoms with Crippen LogP contribution >= 0.6 is 0 Å². The van der Waals surface area contributed by atoms with Crippen LogP contribution in [0.25, 0.3) is 49.4 Å². The predicted octanol–water partition coefficient (Wildman–Crippen LogP) is 7.78. The summed E-state index contributed by atoms with van der Waals surface area (Å²) in [5.74, 6) is 0. The van der Waals surface area contributed by atoms with Crippen molar-refractivity contribution >= 4 is 32.6 Å². The average molecular weight is 409 g/mol. The Kier molecular flexibility index (Phi) is 4.09. The number of fused-ring (bicyclic) bond motifs is 4. The molecule has 2 nitrogen and oxygen atoms in total. The summed E-state index contributed by atoms with van der Waals surface area (Å²) < 4.78 is 2.36. The molecular weight excluding hydrogens is 388 g/mol. The highest BCUT2D eigenvalue weighted by atomic mass is 15.0. The second-order valence-corrected chi connectivity index (χ2v) is 8.21. The van der Waals surface area contributed by atoms with Gasteiger partial charge in [0.15, 0.2) is 0 Å². The van der Waals surface area contributed by atoms with Gasteiger partial charge in [0.05, 0.1) is 28.4 Å². The number of rotatable bonds is 2. The fraction of sp³-hybridized carbons (Fsp3) is 0.0333. The van der Waals surface area contributed by atoms with Crippen molar-refractivity contribution in [3.8, 4) is 22.9 Å². The van der Waals surface area contributed by atoms with Crippen molar-refractivity contribution < 1.29 is 0 Å². The van der Waals surface area contributed by atoms with E-state index in [0.29, 0.717) is 5.56 Å². The lowest BCUT2D eigenvalue weighted by atomic mass is 9.93. The first-order chi connectivity index (χ1) is 15.8. The zero-order valence-corrected chi connectivity index (χ0v) is 17.7. The summed E-state index contributed by atoms with van der Waals surface area (Å²) >= 11 is 0. The third-order valence-corrected chi connectivity index (χ3v) is 6.31. The molecule has 5 aromatic carbocycles. The smallest absolute Gasteiger partial charge is 0.0998 e. The van der Waals surface area contributed by atoms with Gasteiger partial charge in [-0.1, -0.05) is 84.4 Å². The molecule has 0 radical (unpaired) electrons. The van der Waals surface area contributed by atoms with Crippen LogP contribution in [-0.2, 0) is 0 Å². The maximum atomic E-state index is 9.73. The Labute approximate surface area is 186 Å². The molecule has 2 heteroatoms. The van der Waals surface area contributed by atoms with Crippen LogP contribution in [0, 0.1) is 18.3 Å². The predicted molar refractivity (Wildman–Crippen MR) is 133 cm³/mol. The van der Waals surface area contributed by atoms with Crippen molar-refractivity contribution in [2.75, 3.05) is 0 Å². The first-order valence-corrected chi connectivity index (χ1v) is 10.8. The summed E-state index contributed by atoms with van der Waals surface area (Å²) in [6.07, 6.45) is 0. The van der Waals surface area contributed by atoms with E-state index in [2.05, 4.69) is 109 Å². The van der Waals surface area contributed by atoms with E-state index in [9.17, 15) is 5.26 Å². The van der Waals surface area contributed by atoms with Crippen molar-refractivity contribution in [2.45, 2.75) is 6.92 Å². The van der Waals surface area contributed by atoms with Crippen LogP contribution in [0.4, 0.5) is 0 Å². The van der Waals surface area contributed by atoms with Gasteiger partial charge in [0.1, 0.15) is 0 Å². The Bertz CT molecular complexity index is 1640. The number of benzene rings is 5. The molecule has 6 rings (SSSR count). The lowest BCUT2D eigenvalue weighted by Gasteiger charge is -2.15. The molecule has 0 aliphatic carbocycles. The molecular formula is C30H20N2. The molecule has 0 unspecified atom stereocenters. The average Bonchev–Trinajstić information content (AvgIpc) is 3.17. The highest BCUT2D eigenvalue weighted by molar-refractivity contribution is 6.11. The molecule has 32 heavy (non-hydrogen) atoms. The molecule has 0 aliphatic heterocycles. The molecule has 150 valence electrons. The SMILES string of the molecule is Cc1ccc(C#N)c(-c2cccc3c(-n4c5ccccc5c5ccccc54)cccc23)c1. The van der Waals surface area contributed by atoms with Gasteiger partial charge >= 0.3 is 0 Å². The van der Waals surface area contributed by atoms with E-state index < -0.39 is 0 Å². The summed E-state index contributed by atoms with van der Waals surface area (Å²) in [7, 11) is 0. The van der Waals surface area contributed by atoms with E-state index >= 15 is 0 Å². The Balaban J connectivity index is 1.72. The third-order valence-electron chi connectivity index (χ3n) is 6.31. The molecule has 0 bridgehead atoms. The minimum atomic E-state index is 0.699. The molecule has 0 atom stereocenters. The number of aryl methyl sites for hydroxylation is 1. The minimum Gasteiger partial charge on any atom is -0.309 e. The van der Waals surface area contributed by atoms with Gasteiger partial charge < -0.3 is 4.57 Å². The molecule has 0 amide bonds. The number of nitrogens with zero attached hydrogens (tertiary/aromatic N) is 2. The van der Waals surface area contributed by atoms with Gasteiger partial charge in [0, 0.05) is 21.7 Å². The molecule has 0 fully saturated rings. The maximum Gasteiger partial charge on any atom is 0.0998 e. The maximum absolute atomic E-state index is 9.73. The van der Waals surface area contributed by atoms with Crippen molar-refractivity contribution in [1.29, 1.82) is 5.26 Å². The minimum absolute atomic E-state index is 0.699. The number of hydrogen-bond donors (Lipinski definition) is 0. The van der Waals surface area contributed by atoms with Gasteiger partial charge in [0.25, 0.3) is 0 Å². The lowest BCUT2D eigenvalue weighted by Crippen LogP contribution is -1.96. The van der Waals surface area contributed by atoms with Crippen LogP contribution in [0.5, 0.6) is 0 Å². The van der Waals surface area contributed by atoms with Crippen LogP contribution in [0.2, 0.25) is 0 Å². The highest BCUT2D eigenvalue weighted by Gasteiger charge is 2.15. The summed E-state index contributed by atoms with van der Waals surface area (Å²) in [6.45, 7) is 2.07. The Morgan fingerprint density at radius 2 is 1.22 bits per heavy atom. The quantitative estimate of drug-likeness (QED) is 0.287. The monoisotopic (exact) mass is 408 g/mol. The summed E-state index contributed by atoms with van der Waals surface area (Å²) in [6, 6.07) is 38.4. The summed E-state index contributed by atoms with van der Waals surface area (Å²) in [4.78, 5) is 0. The largest absolute Gasteiger partial charge is 0.309 e. The third kappa shape index (κ3) is 2.65. The fourth-order valence-electron chi connectivity index (χ4n) is 4.88. The molecule has 6 aromatic rings. The van der Waals surface area contributed by atoms with E-state index in [1.165, 1.54) is 27.2 Å². The Morgan fingerprint density at radius 1 is 0.594 bits per heavy atom. The number of nitriles is 1. The van der Waals surface area contributed by atoms with E-state index in [0.717, 1.165) is 27.8 Å². The van der Waals surface area contributed by atoms with E-state index in [1.54, 1.807) is 0 Å². The second kappa shape index (κ2) is 7.11. The van der Waals surface area contributed by atoms with Crippen molar-refractivity contribution in [2.24, 2.45) is 0 Å². The van der Waals surface area contributed by atoms with Crippen molar-refractivity contribution in [1.82, 2.24) is 4.57 Å². The van der Waals surface area contributed by atoms with Crippen molar-refractivity contribution in [3.05, 3.63) is 114 Å².